The molecule has 0 aromatic heterocycles. The van der Waals surface area contributed by atoms with Gasteiger partial charge >= 0.3 is 0 Å². The van der Waals surface area contributed by atoms with Crippen LogP contribution in [-0.2, 0) is 9.47 Å². The number of hydrogen-bond acceptors (Lipinski definition) is 4. The van der Waals surface area contributed by atoms with Gasteiger partial charge in [-0.25, -0.2) is 0 Å². The Morgan fingerprint density at radius 3 is 2.61 bits per heavy atom. The van der Waals surface area contributed by atoms with Crippen LogP contribution in [0.4, 0.5) is 0 Å². The number of nitrogens with zero attached hydrogens (tertiary/aromatic N) is 1. The summed E-state index contributed by atoms with van der Waals surface area (Å²) in [5, 5.41) is 8.67. The summed E-state index contributed by atoms with van der Waals surface area (Å²) >= 11 is 0. The van der Waals surface area contributed by atoms with Crippen molar-refractivity contribution in [3.05, 3.63) is 35.4 Å². The summed E-state index contributed by atoms with van der Waals surface area (Å²) in [6, 6.07) is 8.62. The molecule has 1 fully saturated rings. The Labute approximate surface area is 106 Å². The van der Waals surface area contributed by atoms with E-state index >= 15 is 0 Å². The van der Waals surface area contributed by atoms with Gasteiger partial charge in [-0.3, -0.25) is 4.79 Å². The molecule has 4 heteroatoms. The molecular weight excluding hydrogens is 230 g/mol. The van der Waals surface area contributed by atoms with Crippen LogP contribution in [0.5, 0.6) is 0 Å². The molecule has 0 aliphatic carbocycles. The second-order valence-corrected chi connectivity index (χ2v) is 4.24. The minimum absolute atomic E-state index is 0.0500. The van der Waals surface area contributed by atoms with Gasteiger partial charge in [0.15, 0.2) is 5.78 Å². The lowest BCUT2D eigenvalue weighted by atomic mass is 10.1. The number of ketones is 1. The van der Waals surface area contributed by atoms with E-state index in [1.165, 1.54) is 0 Å². The number of rotatable bonds is 4. The molecule has 1 saturated heterocycles. The summed E-state index contributed by atoms with van der Waals surface area (Å²) < 4.78 is 10.8. The van der Waals surface area contributed by atoms with Crippen LogP contribution < -0.4 is 0 Å². The van der Waals surface area contributed by atoms with Gasteiger partial charge in [-0.05, 0) is 25.0 Å². The third-order valence-corrected chi connectivity index (χ3v) is 2.95. The zero-order chi connectivity index (χ0) is 12.8. The number of carbonyl (C=O) groups is 1. The molecule has 4 nitrogen and oxygen atoms in total. The molecule has 1 heterocycles. The molecule has 1 aliphatic heterocycles. The maximum absolute atomic E-state index is 11.8. The van der Waals surface area contributed by atoms with Gasteiger partial charge in [-0.15, -0.1) is 0 Å². The van der Waals surface area contributed by atoms with Gasteiger partial charge in [0, 0.05) is 18.8 Å². The third kappa shape index (κ3) is 3.39. The highest BCUT2D eigenvalue weighted by Crippen LogP contribution is 2.11. The van der Waals surface area contributed by atoms with E-state index in [0.717, 1.165) is 12.8 Å². The van der Waals surface area contributed by atoms with Crippen LogP contribution >= 0.6 is 0 Å². The number of nitriles is 1. The lowest BCUT2D eigenvalue weighted by Gasteiger charge is -2.21. The van der Waals surface area contributed by atoms with Crippen molar-refractivity contribution >= 4 is 5.78 Å². The second kappa shape index (κ2) is 6.29. The van der Waals surface area contributed by atoms with Gasteiger partial charge in [-0.2, -0.15) is 5.26 Å². The normalized spacial score (nSPS) is 16.2. The van der Waals surface area contributed by atoms with Crippen molar-refractivity contribution in [2.75, 3.05) is 19.8 Å². The molecule has 94 valence electrons. The first kappa shape index (κ1) is 12.7. The fraction of sp³-hybridized carbons (Fsp3) is 0.429. The van der Waals surface area contributed by atoms with Crippen molar-refractivity contribution < 1.29 is 14.3 Å². The molecule has 0 spiro atoms. The van der Waals surface area contributed by atoms with Crippen LogP contribution in [-0.4, -0.2) is 31.7 Å². The van der Waals surface area contributed by atoms with Crippen molar-refractivity contribution in [3.63, 3.8) is 0 Å². The van der Waals surface area contributed by atoms with Gasteiger partial charge in [0.2, 0.25) is 0 Å². The summed E-state index contributed by atoms with van der Waals surface area (Å²) in [6.07, 6.45) is 1.82. The zero-order valence-electron chi connectivity index (χ0n) is 10.1. The summed E-state index contributed by atoms with van der Waals surface area (Å²) in [5.41, 5.74) is 1.14. The highest BCUT2D eigenvalue weighted by atomic mass is 16.5. The molecule has 0 bridgehead atoms. The molecule has 1 aliphatic rings. The molecule has 1 aromatic rings. The Bertz CT molecular complexity index is 441. The number of Topliss-reactive ketones (excluding diaryl/α,β-unsaturated/α-hetero) is 1. The molecule has 1 aromatic carbocycles. The van der Waals surface area contributed by atoms with Crippen LogP contribution in [0.25, 0.3) is 0 Å². The molecule has 0 amide bonds. The topological polar surface area (TPSA) is 59.3 Å². The van der Waals surface area contributed by atoms with E-state index in [0.29, 0.717) is 24.3 Å². The van der Waals surface area contributed by atoms with Crippen LogP contribution in [0.15, 0.2) is 24.3 Å². The van der Waals surface area contributed by atoms with Crippen molar-refractivity contribution in [1.82, 2.24) is 0 Å². The zero-order valence-corrected chi connectivity index (χ0v) is 10.1. The fourth-order valence-electron chi connectivity index (χ4n) is 1.85. The van der Waals surface area contributed by atoms with E-state index in [4.69, 9.17) is 14.7 Å². The summed E-state index contributed by atoms with van der Waals surface area (Å²) in [5.74, 6) is -0.0500. The average Bonchev–Trinajstić information content (AvgIpc) is 2.46. The van der Waals surface area contributed by atoms with E-state index in [1.54, 1.807) is 24.3 Å². The largest absolute Gasteiger partial charge is 0.381 e. The van der Waals surface area contributed by atoms with E-state index in [1.807, 2.05) is 6.07 Å². The molecule has 18 heavy (non-hydrogen) atoms. The number of carbonyl (C=O) groups excluding carboxylic acids is 1. The average molecular weight is 245 g/mol. The summed E-state index contributed by atoms with van der Waals surface area (Å²) in [6.45, 7) is 1.50. The molecule has 2 rings (SSSR count). The van der Waals surface area contributed by atoms with Gasteiger partial charge in [0.25, 0.3) is 0 Å². The Kier molecular flexibility index (Phi) is 4.46. The first-order valence-corrected chi connectivity index (χ1v) is 6.02. The summed E-state index contributed by atoms with van der Waals surface area (Å²) in [4.78, 5) is 11.8. The van der Waals surface area contributed by atoms with Crippen molar-refractivity contribution in [1.29, 1.82) is 5.26 Å². The Morgan fingerprint density at radius 2 is 2.00 bits per heavy atom. The number of hydrogen-bond donors (Lipinski definition) is 0. The minimum Gasteiger partial charge on any atom is -0.381 e. The van der Waals surface area contributed by atoms with Gasteiger partial charge in [0.1, 0.15) is 6.61 Å². The Balaban J connectivity index is 1.85. The van der Waals surface area contributed by atoms with Gasteiger partial charge in [-0.1, -0.05) is 12.1 Å². The fourth-order valence-corrected chi connectivity index (χ4v) is 1.85. The van der Waals surface area contributed by atoms with E-state index in [-0.39, 0.29) is 18.5 Å². The molecule has 0 N–H and O–H groups in total. The maximum atomic E-state index is 11.8. The van der Waals surface area contributed by atoms with Crippen LogP contribution in [0.1, 0.15) is 28.8 Å². The van der Waals surface area contributed by atoms with Crippen LogP contribution in [0, 0.1) is 11.3 Å². The smallest absolute Gasteiger partial charge is 0.188 e. The predicted octanol–water partition coefficient (Wildman–Crippen LogP) is 1.94. The lowest BCUT2D eigenvalue weighted by molar-refractivity contribution is -0.0262. The Morgan fingerprint density at radius 1 is 1.33 bits per heavy atom. The number of benzene rings is 1. The van der Waals surface area contributed by atoms with Gasteiger partial charge in [0.05, 0.1) is 17.7 Å². The maximum Gasteiger partial charge on any atom is 0.188 e. The van der Waals surface area contributed by atoms with E-state index < -0.39 is 0 Å². The van der Waals surface area contributed by atoms with E-state index in [2.05, 4.69) is 0 Å². The monoisotopic (exact) mass is 245 g/mol. The standard InChI is InChI=1S/C14H15NO3/c15-9-11-1-3-12(4-2-11)14(16)10-18-13-5-7-17-8-6-13/h1-4,13H,5-8,10H2. The van der Waals surface area contributed by atoms with Crippen LogP contribution in [0.2, 0.25) is 0 Å². The highest BCUT2D eigenvalue weighted by Gasteiger charge is 2.16. The minimum atomic E-state index is -0.0500. The van der Waals surface area contributed by atoms with Gasteiger partial charge < -0.3 is 9.47 Å². The first-order valence-electron chi connectivity index (χ1n) is 6.02. The molecular formula is C14H15NO3. The summed E-state index contributed by atoms with van der Waals surface area (Å²) in [7, 11) is 0. The molecule has 0 saturated carbocycles. The quantitative estimate of drug-likeness (QED) is 0.760. The number of ether oxygens (including phenoxy) is 2. The Hall–Kier alpha value is -1.70. The SMILES string of the molecule is N#Cc1ccc(C(=O)COC2CCOCC2)cc1. The van der Waals surface area contributed by atoms with Crippen molar-refractivity contribution in [2.24, 2.45) is 0 Å². The van der Waals surface area contributed by atoms with E-state index in [9.17, 15) is 4.79 Å². The lowest BCUT2D eigenvalue weighted by Crippen LogP contribution is -2.25. The molecule has 0 unspecified atom stereocenters. The van der Waals surface area contributed by atoms with Crippen molar-refractivity contribution in [3.8, 4) is 6.07 Å². The second-order valence-electron chi connectivity index (χ2n) is 4.24. The molecule has 0 atom stereocenters. The predicted molar refractivity (Wildman–Crippen MR) is 65.3 cm³/mol. The third-order valence-electron chi connectivity index (χ3n) is 2.95. The first-order chi connectivity index (χ1) is 8.79. The highest BCUT2D eigenvalue weighted by molar-refractivity contribution is 5.97. The van der Waals surface area contributed by atoms with Crippen molar-refractivity contribution in [2.45, 2.75) is 18.9 Å². The molecule has 0 radical (unpaired) electrons. The van der Waals surface area contributed by atoms with Crippen LogP contribution in [0.3, 0.4) is 0 Å².